The molecule has 0 atom stereocenters. The Labute approximate surface area is 107 Å². The number of rotatable bonds is 2. The zero-order chi connectivity index (χ0) is 11.7. The van der Waals surface area contributed by atoms with Crippen molar-refractivity contribution < 1.29 is 4.74 Å². The maximum atomic E-state index is 5.42. The van der Waals surface area contributed by atoms with Crippen molar-refractivity contribution in [1.29, 1.82) is 0 Å². The second-order valence-corrected chi connectivity index (χ2v) is 6.01. The number of hydrogen-bond acceptors (Lipinski definition) is 3. The molecule has 3 rings (SSSR count). The highest BCUT2D eigenvalue weighted by molar-refractivity contribution is 8.00. The van der Waals surface area contributed by atoms with E-state index in [0.29, 0.717) is 0 Å². The van der Waals surface area contributed by atoms with Gasteiger partial charge in [0.15, 0.2) is 0 Å². The number of benzene rings is 1. The fourth-order valence-electron chi connectivity index (χ4n) is 2.60. The number of ether oxygens (including phenoxy) is 1. The quantitative estimate of drug-likeness (QED) is 0.745. The fraction of sp³-hybridized carbons (Fsp3) is 0.571. The molecular formula is C14H19NOS. The Balaban J connectivity index is 1.70. The summed E-state index contributed by atoms with van der Waals surface area (Å²) in [4.78, 5) is 0. The molecule has 17 heavy (non-hydrogen) atoms. The van der Waals surface area contributed by atoms with Crippen LogP contribution < -0.4 is 4.31 Å². The number of fused-ring (bicyclic) bond motifs is 1. The monoisotopic (exact) mass is 249 g/mol. The lowest BCUT2D eigenvalue weighted by Gasteiger charge is -2.27. The molecule has 1 aromatic carbocycles. The highest BCUT2D eigenvalue weighted by Gasteiger charge is 2.24. The van der Waals surface area contributed by atoms with Crippen LogP contribution in [0.4, 0.5) is 5.69 Å². The highest BCUT2D eigenvalue weighted by atomic mass is 32.2. The summed E-state index contributed by atoms with van der Waals surface area (Å²) in [5.74, 6) is 1.95. The van der Waals surface area contributed by atoms with Gasteiger partial charge in [-0.25, -0.2) is 0 Å². The van der Waals surface area contributed by atoms with E-state index < -0.39 is 0 Å². The number of anilines is 1. The van der Waals surface area contributed by atoms with Crippen LogP contribution >= 0.6 is 11.9 Å². The van der Waals surface area contributed by atoms with Crippen molar-refractivity contribution in [2.75, 3.05) is 24.1 Å². The van der Waals surface area contributed by atoms with Gasteiger partial charge >= 0.3 is 0 Å². The van der Waals surface area contributed by atoms with Crippen LogP contribution in [0.25, 0.3) is 0 Å². The van der Waals surface area contributed by atoms with Crippen LogP contribution in [0.2, 0.25) is 0 Å². The smallest absolute Gasteiger partial charge is 0.0511 e. The SMILES string of the molecule is Cc1ccc2c(c1)CSN2CC1CCOCC1. The third-order valence-corrected chi connectivity index (χ3v) is 4.74. The van der Waals surface area contributed by atoms with Gasteiger partial charge in [-0.1, -0.05) is 17.7 Å². The molecule has 0 radical (unpaired) electrons. The minimum atomic E-state index is 0.809. The molecule has 0 spiro atoms. The Bertz CT molecular complexity index is 401. The van der Waals surface area contributed by atoms with Crippen molar-refractivity contribution in [3.63, 3.8) is 0 Å². The predicted octanol–water partition coefficient (Wildman–Crippen LogP) is 3.39. The summed E-state index contributed by atoms with van der Waals surface area (Å²) in [6, 6.07) is 6.83. The second kappa shape index (κ2) is 4.91. The first-order valence-corrected chi connectivity index (χ1v) is 7.35. The lowest BCUT2D eigenvalue weighted by molar-refractivity contribution is 0.0692. The second-order valence-electron chi connectivity index (χ2n) is 5.02. The van der Waals surface area contributed by atoms with Crippen molar-refractivity contribution in [3.8, 4) is 0 Å². The first-order valence-electron chi connectivity index (χ1n) is 6.40. The van der Waals surface area contributed by atoms with Gasteiger partial charge in [0.25, 0.3) is 0 Å². The first kappa shape index (κ1) is 11.4. The van der Waals surface area contributed by atoms with Crippen molar-refractivity contribution >= 4 is 17.6 Å². The van der Waals surface area contributed by atoms with Gasteiger partial charge in [0.05, 0.1) is 5.69 Å². The van der Waals surface area contributed by atoms with E-state index in [0.717, 1.165) is 24.9 Å². The molecule has 2 aliphatic rings. The number of aryl methyl sites for hydroxylation is 1. The maximum absolute atomic E-state index is 5.42. The molecule has 2 heterocycles. The Morgan fingerprint density at radius 2 is 2.18 bits per heavy atom. The summed E-state index contributed by atoms with van der Waals surface area (Å²) in [5, 5.41) is 0. The number of hydrogen-bond donors (Lipinski definition) is 0. The van der Waals surface area contributed by atoms with Crippen LogP contribution in [0, 0.1) is 12.8 Å². The largest absolute Gasteiger partial charge is 0.381 e. The van der Waals surface area contributed by atoms with Gasteiger partial charge in [-0.15, -0.1) is 0 Å². The van der Waals surface area contributed by atoms with E-state index in [9.17, 15) is 0 Å². The van der Waals surface area contributed by atoms with Crippen LogP contribution in [-0.4, -0.2) is 19.8 Å². The Morgan fingerprint density at radius 3 is 3.00 bits per heavy atom. The molecule has 0 aliphatic carbocycles. The first-order chi connectivity index (χ1) is 8.33. The van der Waals surface area contributed by atoms with E-state index >= 15 is 0 Å². The van der Waals surface area contributed by atoms with E-state index in [-0.39, 0.29) is 0 Å². The van der Waals surface area contributed by atoms with Gasteiger partial charge in [0.2, 0.25) is 0 Å². The molecule has 1 aromatic rings. The minimum absolute atomic E-state index is 0.809. The molecule has 2 aliphatic heterocycles. The van der Waals surface area contributed by atoms with Crippen LogP contribution in [0.3, 0.4) is 0 Å². The van der Waals surface area contributed by atoms with Gasteiger partial charge in [0.1, 0.15) is 0 Å². The number of nitrogens with zero attached hydrogens (tertiary/aromatic N) is 1. The van der Waals surface area contributed by atoms with Gasteiger partial charge in [-0.3, -0.25) is 0 Å². The van der Waals surface area contributed by atoms with Crippen LogP contribution in [-0.2, 0) is 10.5 Å². The van der Waals surface area contributed by atoms with E-state index in [1.54, 1.807) is 0 Å². The van der Waals surface area contributed by atoms with Gasteiger partial charge < -0.3 is 9.04 Å². The fourth-order valence-corrected chi connectivity index (χ4v) is 3.76. The summed E-state index contributed by atoms with van der Waals surface area (Å²) in [7, 11) is 0. The molecule has 1 fully saturated rings. The summed E-state index contributed by atoms with van der Waals surface area (Å²) in [5.41, 5.74) is 4.31. The molecule has 0 unspecified atom stereocenters. The summed E-state index contributed by atoms with van der Waals surface area (Å²) in [6.07, 6.45) is 2.44. The molecule has 0 aromatic heterocycles. The molecule has 1 saturated heterocycles. The van der Waals surface area contributed by atoms with Gasteiger partial charge in [0, 0.05) is 25.5 Å². The van der Waals surface area contributed by atoms with Crippen molar-refractivity contribution in [2.45, 2.75) is 25.5 Å². The summed E-state index contributed by atoms with van der Waals surface area (Å²) in [6.45, 7) is 5.25. The highest BCUT2D eigenvalue weighted by Crippen LogP contribution is 2.39. The third-order valence-electron chi connectivity index (χ3n) is 3.64. The van der Waals surface area contributed by atoms with Crippen LogP contribution in [0.1, 0.15) is 24.0 Å². The Hall–Kier alpha value is -0.670. The third kappa shape index (κ3) is 2.45. The summed E-state index contributed by atoms with van der Waals surface area (Å²) >= 11 is 1.97. The van der Waals surface area contributed by atoms with E-state index in [1.165, 1.54) is 36.2 Å². The molecule has 3 heteroatoms. The molecule has 0 bridgehead atoms. The summed E-state index contributed by atoms with van der Waals surface area (Å²) < 4.78 is 7.91. The van der Waals surface area contributed by atoms with Gasteiger partial charge in [-0.05, 0) is 49.3 Å². The van der Waals surface area contributed by atoms with Gasteiger partial charge in [-0.2, -0.15) is 0 Å². The van der Waals surface area contributed by atoms with E-state index in [1.807, 2.05) is 11.9 Å². The van der Waals surface area contributed by atoms with E-state index in [2.05, 4.69) is 29.4 Å². The average Bonchev–Trinajstić information content (AvgIpc) is 2.73. The van der Waals surface area contributed by atoms with Crippen molar-refractivity contribution in [2.24, 2.45) is 5.92 Å². The maximum Gasteiger partial charge on any atom is 0.0511 e. The topological polar surface area (TPSA) is 12.5 Å². The zero-order valence-corrected chi connectivity index (χ0v) is 11.1. The lowest BCUT2D eigenvalue weighted by Crippen LogP contribution is -2.26. The van der Waals surface area contributed by atoms with Crippen molar-refractivity contribution in [1.82, 2.24) is 0 Å². The zero-order valence-electron chi connectivity index (χ0n) is 10.3. The molecule has 92 valence electrons. The van der Waals surface area contributed by atoms with E-state index in [4.69, 9.17) is 4.74 Å². The molecular weight excluding hydrogens is 230 g/mol. The predicted molar refractivity (Wildman–Crippen MR) is 73.4 cm³/mol. The van der Waals surface area contributed by atoms with Crippen LogP contribution in [0.15, 0.2) is 18.2 Å². The minimum Gasteiger partial charge on any atom is -0.381 e. The van der Waals surface area contributed by atoms with Crippen molar-refractivity contribution in [3.05, 3.63) is 29.3 Å². The average molecular weight is 249 g/mol. The molecule has 0 saturated carbocycles. The molecule has 2 nitrogen and oxygen atoms in total. The Kier molecular flexibility index (Phi) is 3.30. The lowest BCUT2D eigenvalue weighted by atomic mass is 10.00. The molecule has 0 N–H and O–H groups in total. The molecule has 0 amide bonds. The Morgan fingerprint density at radius 1 is 1.35 bits per heavy atom. The normalized spacial score (nSPS) is 20.6. The van der Waals surface area contributed by atoms with Crippen LogP contribution in [0.5, 0.6) is 0 Å². The standard InChI is InChI=1S/C14H19NOS/c1-11-2-3-14-13(8-11)10-17-15(14)9-12-4-6-16-7-5-12/h2-3,8,12H,4-7,9-10H2,1H3.